The average Bonchev–Trinajstić information content (AvgIpc) is 3.05. The van der Waals surface area contributed by atoms with Crippen molar-refractivity contribution in [3.05, 3.63) is 60.7 Å². The summed E-state index contributed by atoms with van der Waals surface area (Å²) >= 11 is 9.85. The summed E-state index contributed by atoms with van der Waals surface area (Å²) in [6.07, 6.45) is 4.56. The molecule has 1 aliphatic carbocycles. The van der Waals surface area contributed by atoms with Gasteiger partial charge in [0.05, 0.1) is 0 Å². The van der Waals surface area contributed by atoms with E-state index in [1.807, 2.05) is 35.7 Å². The maximum absolute atomic E-state index is 13.0. The van der Waals surface area contributed by atoms with Crippen LogP contribution in [0.3, 0.4) is 0 Å². The van der Waals surface area contributed by atoms with Crippen molar-refractivity contribution in [2.75, 3.05) is 11.6 Å². The molecule has 0 aliphatic heterocycles. The molecule has 1 nitrogen and oxygen atoms in total. The van der Waals surface area contributed by atoms with Gasteiger partial charge in [-0.25, -0.2) is 0 Å². The number of hydrogen-bond acceptors (Lipinski definition) is 3. The Morgan fingerprint density at radius 1 is 1.00 bits per heavy atom. The number of ketones is 1. The first-order chi connectivity index (χ1) is 12.7. The summed E-state index contributed by atoms with van der Waals surface area (Å²) < 4.78 is 0. The molecule has 0 radical (unpaired) electrons. The lowest BCUT2D eigenvalue weighted by atomic mass is 9.78. The molecule has 26 heavy (non-hydrogen) atoms. The molecule has 1 fully saturated rings. The summed E-state index contributed by atoms with van der Waals surface area (Å²) in [4.78, 5) is 15.5. The molecule has 2 unspecified atom stereocenters. The highest BCUT2D eigenvalue weighted by atomic mass is 35.5. The quantitative estimate of drug-likeness (QED) is 0.342. The van der Waals surface area contributed by atoms with Crippen LogP contribution in [0.15, 0.2) is 70.5 Å². The highest BCUT2D eigenvalue weighted by Crippen LogP contribution is 2.49. The third-order valence-corrected chi connectivity index (χ3v) is 7.90. The Morgan fingerprint density at radius 3 is 2.23 bits per heavy atom. The zero-order valence-corrected chi connectivity index (χ0v) is 17.3. The second-order valence-electron chi connectivity index (χ2n) is 6.74. The molecule has 0 spiro atoms. The van der Waals surface area contributed by atoms with Crippen molar-refractivity contribution < 1.29 is 4.79 Å². The molecule has 0 amide bonds. The summed E-state index contributed by atoms with van der Waals surface area (Å²) in [5.74, 6) is 2.03. The maximum atomic E-state index is 13.0. The van der Waals surface area contributed by atoms with Gasteiger partial charge in [0.25, 0.3) is 0 Å². The fraction of sp³-hybridized carbons (Fsp3) is 0.409. The molecule has 0 heterocycles. The molecule has 1 aliphatic rings. The lowest BCUT2D eigenvalue weighted by Gasteiger charge is -2.36. The van der Waals surface area contributed by atoms with Gasteiger partial charge in [0.15, 0.2) is 0 Å². The first-order valence-corrected chi connectivity index (χ1v) is 11.6. The smallest absolute Gasteiger partial charge is 0.140 e. The molecule has 0 saturated heterocycles. The number of rotatable bonds is 9. The molecule has 2 aromatic carbocycles. The van der Waals surface area contributed by atoms with E-state index >= 15 is 0 Å². The van der Waals surface area contributed by atoms with Gasteiger partial charge in [-0.1, -0.05) is 36.4 Å². The maximum Gasteiger partial charge on any atom is 0.140 e. The lowest BCUT2D eigenvalue weighted by molar-refractivity contribution is -0.126. The van der Waals surface area contributed by atoms with Crippen molar-refractivity contribution in [2.24, 2.45) is 5.41 Å². The zero-order valence-electron chi connectivity index (χ0n) is 14.9. The molecule has 3 rings (SSSR count). The van der Waals surface area contributed by atoms with Crippen LogP contribution in [0.1, 0.15) is 32.1 Å². The van der Waals surface area contributed by atoms with E-state index in [4.69, 9.17) is 11.6 Å². The van der Waals surface area contributed by atoms with Crippen LogP contribution in [0.5, 0.6) is 0 Å². The Hall–Kier alpha value is -0.900. The second kappa shape index (κ2) is 9.87. The van der Waals surface area contributed by atoms with E-state index in [1.165, 1.54) is 9.79 Å². The fourth-order valence-corrected chi connectivity index (χ4v) is 6.67. The van der Waals surface area contributed by atoms with E-state index in [2.05, 4.69) is 48.5 Å². The number of thioether (sulfide) groups is 2. The van der Waals surface area contributed by atoms with Crippen molar-refractivity contribution in [1.29, 1.82) is 0 Å². The summed E-state index contributed by atoms with van der Waals surface area (Å²) in [5.41, 5.74) is -0.225. The third kappa shape index (κ3) is 4.88. The first-order valence-electron chi connectivity index (χ1n) is 9.23. The summed E-state index contributed by atoms with van der Waals surface area (Å²) in [6, 6.07) is 20.9. The molecular formula is C22H25ClOS2. The molecule has 2 atom stereocenters. The van der Waals surface area contributed by atoms with E-state index in [0.717, 1.165) is 37.9 Å². The average molecular weight is 405 g/mol. The Kier molecular flexibility index (Phi) is 7.53. The van der Waals surface area contributed by atoms with Gasteiger partial charge in [0, 0.05) is 32.8 Å². The van der Waals surface area contributed by atoms with E-state index < -0.39 is 0 Å². The predicted octanol–water partition coefficient (Wildman–Crippen LogP) is 6.70. The molecule has 0 aromatic heterocycles. The molecule has 2 aromatic rings. The number of carbonyl (C=O) groups excluding carboxylic acids is 1. The molecule has 4 heteroatoms. The van der Waals surface area contributed by atoms with Gasteiger partial charge in [-0.15, -0.1) is 35.1 Å². The van der Waals surface area contributed by atoms with Gasteiger partial charge in [-0.05, 0) is 55.7 Å². The first kappa shape index (κ1) is 19.9. The van der Waals surface area contributed by atoms with Gasteiger partial charge in [0.2, 0.25) is 0 Å². The molecule has 0 bridgehead atoms. The van der Waals surface area contributed by atoms with Gasteiger partial charge >= 0.3 is 0 Å². The third-order valence-electron chi connectivity index (χ3n) is 5.15. The van der Waals surface area contributed by atoms with Crippen LogP contribution in [0.2, 0.25) is 0 Å². The van der Waals surface area contributed by atoms with Crippen LogP contribution in [0.4, 0.5) is 0 Å². The lowest BCUT2D eigenvalue weighted by Crippen LogP contribution is -2.38. The number of carbonyl (C=O) groups is 1. The van der Waals surface area contributed by atoms with E-state index in [0.29, 0.717) is 11.7 Å². The minimum absolute atomic E-state index is 0.225. The predicted molar refractivity (Wildman–Crippen MR) is 114 cm³/mol. The number of halogens is 1. The van der Waals surface area contributed by atoms with Crippen molar-refractivity contribution in [3.8, 4) is 0 Å². The van der Waals surface area contributed by atoms with Crippen LogP contribution in [0, 0.1) is 5.41 Å². The fourth-order valence-electron chi connectivity index (χ4n) is 3.80. The Bertz CT molecular complexity index is 692. The highest BCUT2D eigenvalue weighted by molar-refractivity contribution is 8.00. The van der Waals surface area contributed by atoms with Gasteiger partial charge in [-0.2, -0.15) is 0 Å². The molecule has 138 valence electrons. The van der Waals surface area contributed by atoms with Crippen molar-refractivity contribution >= 4 is 40.9 Å². The molecular weight excluding hydrogens is 380 g/mol. The van der Waals surface area contributed by atoms with E-state index in [9.17, 15) is 4.79 Å². The Morgan fingerprint density at radius 2 is 1.65 bits per heavy atom. The SMILES string of the molecule is O=C1CCCC1(CCSc1ccccc1)C(CCCl)Sc1ccccc1. The van der Waals surface area contributed by atoms with Crippen LogP contribution in [-0.4, -0.2) is 22.7 Å². The molecule has 0 N–H and O–H groups in total. The second-order valence-corrected chi connectivity index (χ2v) is 9.56. The van der Waals surface area contributed by atoms with Crippen LogP contribution < -0.4 is 0 Å². The highest BCUT2D eigenvalue weighted by Gasteiger charge is 2.47. The molecule has 1 saturated carbocycles. The van der Waals surface area contributed by atoms with E-state index in [1.54, 1.807) is 0 Å². The Balaban J connectivity index is 1.74. The number of benzene rings is 2. The topological polar surface area (TPSA) is 17.1 Å². The van der Waals surface area contributed by atoms with Gasteiger partial charge in [-0.3, -0.25) is 4.79 Å². The van der Waals surface area contributed by atoms with Crippen molar-refractivity contribution in [3.63, 3.8) is 0 Å². The summed E-state index contributed by atoms with van der Waals surface area (Å²) in [5, 5.41) is 0.258. The van der Waals surface area contributed by atoms with Crippen LogP contribution in [-0.2, 0) is 4.79 Å². The van der Waals surface area contributed by atoms with Crippen LogP contribution in [0.25, 0.3) is 0 Å². The minimum Gasteiger partial charge on any atom is -0.299 e. The summed E-state index contributed by atoms with van der Waals surface area (Å²) in [6.45, 7) is 0. The monoisotopic (exact) mass is 404 g/mol. The van der Waals surface area contributed by atoms with Crippen molar-refractivity contribution in [1.82, 2.24) is 0 Å². The van der Waals surface area contributed by atoms with E-state index in [-0.39, 0.29) is 10.7 Å². The van der Waals surface area contributed by atoms with Gasteiger partial charge in [0.1, 0.15) is 5.78 Å². The number of alkyl halides is 1. The largest absolute Gasteiger partial charge is 0.299 e. The van der Waals surface area contributed by atoms with Crippen molar-refractivity contribution in [2.45, 2.75) is 47.1 Å². The Labute approximate surface area is 170 Å². The summed E-state index contributed by atoms with van der Waals surface area (Å²) in [7, 11) is 0. The zero-order chi connectivity index (χ0) is 18.2. The number of Topliss-reactive ketones (excluding diaryl/α,β-unsaturated/α-hetero) is 1. The minimum atomic E-state index is -0.225. The standard InChI is InChI=1S/C22H25ClOS2/c23-16-13-21(26-19-10-5-2-6-11-19)22(14-7-12-20(22)24)15-17-25-18-8-3-1-4-9-18/h1-6,8-11,21H,7,12-17H2. The van der Waals surface area contributed by atoms with Gasteiger partial charge < -0.3 is 0 Å². The number of hydrogen-bond donors (Lipinski definition) is 0. The van der Waals surface area contributed by atoms with Crippen LogP contribution >= 0.6 is 35.1 Å². The normalized spacial score (nSPS) is 21.0.